The van der Waals surface area contributed by atoms with Crippen LogP contribution in [0.5, 0.6) is 0 Å². The van der Waals surface area contributed by atoms with Gasteiger partial charge in [0.05, 0.1) is 9.52 Å². The van der Waals surface area contributed by atoms with Gasteiger partial charge in [0.15, 0.2) is 0 Å². The fraction of sp³-hybridized carbons (Fsp3) is 0.600. The van der Waals surface area contributed by atoms with Crippen molar-refractivity contribution in [2.45, 2.75) is 17.8 Å². The van der Waals surface area contributed by atoms with Crippen LogP contribution in [0.3, 0.4) is 0 Å². The summed E-state index contributed by atoms with van der Waals surface area (Å²) in [5, 5.41) is 0. The Morgan fingerprint density at radius 1 is 1.62 bits per heavy atom. The normalized spacial score (nSPS) is 11.5. The van der Waals surface area contributed by atoms with E-state index in [1.165, 1.54) is 0 Å². The average Bonchev–Trinajstić information content (AvgIpc) is 1.66. The van der Waals surface area contributed by atoms with Crippen molar-refractivity contribution in [2.24, 2.45) is 0 Å². The van der Waals surface area contributed by atoms with E-state index in [4.69, 9.17) is 23.2 Å². The molecule has 0 nitrogen and oxygen atoms in total. The van der Waals surface area contributed by atoms with Crippen molar-refractivity contribution in [2.75, 3.05) is 0 Å². The molecule has 46 valence electrons. The minimum absolute atomic E-state index is 0.190. The van der Waals surface area contributed by atoms with Crippen LogP contribution in [-0.2, 0) is 0 Å². The van der Waals surface area contributed by atoms with Crippen LogP contribution in [0.4, 0.5) is 0 Å². The lowest BCUT2D eigenvalue weighted by Crippen LogP contribution is -1.91. The van der Waals surface area contributed by atoms with E-state index in [0.29, 0.717) is 0 Å². The molecule has 0 aromatic heterocycles. The molecule has 3 heteroatoms. The third kappa shape index (κ3) is 6.54. The molecule has 0 bridgehead atoms. The summed E-state index contributed by atoms with van der Waals surface area (Å²) in [7, 11) is 0.768. The number of halogens is 2. The van der Waals surface area contributed by atoms with Crippen LogP contribution in [0, 0.1) is 0 Å². The Bertz CT molecular complexity index is 70.8. The highest BCUT2D eigenvalue weighted by Gasteiger charge is 1.94. The molecular formula is C5H8Cl2Si. The molecule has 0 saturated heterocycles. The zero-order valence-corrected chi connectivity index (χ0v) is 7.21. The molecule has 0 aromatic rings. The maximum Gasteiger partial charge on any atom is 0.105 e. The number of hydrogen-bond acceptors (Lipinski definition) is 0. The molecule has 0 fully saturated rings. The predicted molar refractivity (Wildman–Crippen MR) is 40.9 cm³/mol. The van der Waals surface area contributed by atoms with Crippen molar-refractivity contribution in [3.63, 3.8) is 0 Å². The molecule has 0 aliphatic rings. The van der Waals surface area contributed by atoms with Gasteiger partial charge in [-0.15, -0.1) is 28.9 Å². The monoisotopic (exact) mass is 166 g/mol. The lowest BCUT2D eigenvalue weighted by Gasteiger charge is -1.91. The Morgan fingerprint density at radius 2 is 2.25 bits per heavy atom. The minimum atomic E-state index is -0.190. The summed E-state index contributed by atoms with van der Waals surface area (Å²) in [4.78, 5) is -0.190. The van der Waals surface area contributed by atoms with Gasteiger partial charge in [-0.2, -0.15) is 0 Å². The molecule has 0 unspecified atom stereocenters. The number of allylic oxidation sites excluding steroid dienone is 1. The summed E-state index contributed by atoms with van der Waals surface area (Å²) in [6.45, 7) is 1.99. The smallest absolute Gasteiger partial charge is 0.105 e. The fourth-order valence-electron chi connectivity index (χ4n) is 0.275. The van der Waals surface area contributed by atoms with Gasteiger partial charge in [0.25, 0.3) is 0 Å². The molecule has 0 spiro atoms. The molecule has 0 N–H and O–H groups in total. The van der Waals surface area contributed by atoms with E-state index in [1.807, 2.05) is 13.0 Å². The number of rotatable bonds is 3. The Balaban J connectivity index is 2.93. The van der Waals surface area contributed by atoms with Crippen LogP contribution in [0.2, 0.25) is 6.04 Å². The predicted octanol–water partition coefficient (Wildman–Crippen LogP) is 2.45. The van der Waals surface area contributed by atoms with Gasteiger partial charge in [-0.25, -0.2) is 0 Å². The van der Waals surface area contributed by atoms with Gasteiger partial charge in [-0.05, 0) is 13.0 Å². The molecule has 0 amide bonds. The number of hydrogen-bond donors (Lipinski definition) is 0. The maximum atomic E-state index is 5.45. The van der Waals surface area contributed by atoms with Gasteiger partial charge in [0.2, 0.25) is 0 Å². The number of alkyl halides is 2. The zero-order chi connectivity index (χ0) is 6.41. The summed E-state index contributed by atoms with van der Waals surface area (Å²) in [6, 6.07) is 0.882. The fourth-order valence-corrected chi connectivity index (χ4v) is 1.36. The Morgan fingerprint density at radius 3 is 2.62 bits per heavy atom. The van der Waals surface area contributed by atoms with E-state index in [1.54, 1.807) is 0 Å². The Hall–Kier alpha value is 0.537. The van der Waals surface area contributed by atoms with E-state index in [0.717, 1.165) is 15.6 Å². The molecule has 0 rings (SSSR count). The highest BCUT2D eigenvalue weighted by molar-refractivity contribution is 6.52. The molecule has 0 saturated carbocycles. The molecule has 0 atom stereocenters. The highest BCUT2D eigenvalue weighted by atomic mass is 35.5. The Kier molecular flexibility index (Phi) is 6.05. The largest absolute Gasteiger partial charge is 0.106 e. The Labute approximate surface area is 62.7 Å². The summed E-state index contributed by atoms with van der Waals surface area (Å²) >= 11 is 10.9. The van der Waals surface area contributed by atoms with E-state index < -0.39 is 0 Å². The summed E-state index contributed by atoms with van der Waals surface area (Å²) in [6.07, 6.45) is 2.01. The van der Waals surface area contributed by atoms with Crippen molar-refractivity contribution in [3.8, 4) is 0 Å². The van der Waals surface area contributed by atoms with Gasteiger partial charge < -0.3 is 0 Å². The first-order chi connectivity index (χ1) is 3.77. The first-order valence-electron chi connectivity index (χ1n) is 2.40. The van der Waals surface area contributed by atoms with Gasteiger partial charge in [0, 0.05) is 0 Å². The highest BCUT2D eigenvalue weighted by Crippen LogP contribution is 2.05. The third-order valence-corrected chi connectivity index (χ3v) is 2.60. The SMILES string of the molecule is CC=C[Si]CC(Cl)Cl. The molecule has 2 radical (unpaired) electrons. The van der Waals surface area contributed by atoms with Crippen LogP contribution in [0.15, 0.2) is 11.8 Å². The van der Waals surface area contributed by atoms with E-state index >= 15 is 0 Å². The van der Waals surface area contributed by atoms with Crippen LogP contribution in [0.1, 0.15) is 6.92 Å². The quantitative estimate of drug-likeness (QED) is 0.447. The minimum Gasteiger partial charge on any atom is -0.106 e. The molecular weight excluding hydrogens is 159 g/mol. The first-order valence-corrected chi connectivity index (χ1v) is 4.55. The van der Waals surface area contributed by atoms with Gasteiger partial charge in [0.1, 0.15) is 4.84 Å². The van der Waals surface area contributed by atoms with Gasteiger partial charge in [-0.1, -0.05) is 6.08 Å². The molecule has 0 aliphatic heterocycles. The van der Waals surface area contributed by atoms with Crippen molar-refractivity contribution in [1.82, 2.24) is 0 Å². The first kappa shape index (κ1) is 8.54. The summed E-state index contributed by atoms with van der Waals surface area (Å²) < 4.78 is 0. The maximum absolute atomic E-state index is 5.45. The second-order valence-corrected chi connectivity index (χ2v) is 3.73. The standard InChI is InChI=1S/C5H8Cl2Si/c1-2-3-8-4-5(6)7/h2-3,5H,4H2,1H3. The lowest BCUT2D eigenvalue weighted by molar-refractivity contribution is 1.36. The van der Waals surface area contributed by atoms with Crippen molar-refractivity contribution >= 4 is 32.7 Å². The zero-order valence-electron chi connectivity index (χ0n) is 4.70. The van der Waals surface area contributed by atoms with Crippen molar-refractivity contribution < 1.29 is 0 Å². The van der Waals surface area contributed by atoms with E-state index in [9.17, 15) is 0 Å². The van der Waals surface area contributed by atoms with Crippen molar-refractivity contribution in [1.29, 1.82) is 0 Å². The summed E-state index contributed by atoms with van der Waals surface area (Å²) in [5.41, 5.74) is 2.08. The second kappa shape index (κ2) is 5.67. The molecule has 8 heavy (non-hydrogen) atoms. The van der Waals surface area contributed by atoms with E-state index in [-0.39, 0.29) is 4.84 Å². The van der Waals surface area contributed by atoms with Crippen LogP contribution < -0.4 is 0 Å². The van der Waals surface area contributed by atoms with Crippen molar-refractivity contribution in [3.05, 3.63) is 11.8 Å². The van der Waals surface area contributed by atoms with Crippen LogP contribution in [-0.4, -0.2) is 14.4 Å². The second-order valence-electron chi connectivity index (χ2n) is 1.30. The van der Waals surface area contributed by atoms with Gasteiger partial charge in [-0.3, -0.25) is 0 Å². The lowest BCUT2D eigenvalue weighted by atomic mass is 10.8. The van der Waals surface area contributed by atoms with E-state index in [2.05, 4.69) is 5.70 Å². The third-order valence-electron chi connectivity index (χ3n) is 0.557. The average molecular weight is 167 g/mol. The van der Waals surface area contributed by atoms with Gasteiger partial charge >= 0.3 is 0 Å². The topological polar surface area (TPSA) is 0 Å². The van der Waals surface area contributed by atoms with Crippen LogP contribution in [0.25, 0.3) is 0 Å². The molecule has 0 heterocycles. The van der Waals surface area contributed by atoms with Crippen LogP contribution >= 0.6 is 23.2 Å². The molecule has 0 aromatic carbocycles. The molecule has 0 aliphatic carbocycles. The summed E-state index contributed by atoms with van der Waals surface area (Å²) in [5.74, 6) is 0.